The predicted octanol–water partition coefficient (Wildman–Crippen LogP) is 1.50. The molecule has 1 aromatic rings. The number of fused-ring (bicyclic) bond motifs is 5. The highest BCUT2D eigenvalue weighted by Gasteiger charge is 2.53. The first-order chi connectivity index (χ1) is 12.8. The second-order valence-electron chi connectivity index (χ2n) is 7.26. The van der Waals surface area contributed by atoms with E-state index in [1.807, 2.05) is 0 Å². The third-order valence-corrected chi connectivity index (χ3v) is 5.67. The lowest BCUT2D eigenvalue weighted by Gasteiger charge is -2.23. The third-order valence-electron chi connectivity index (χ3n) is 5.67. The summed E-state index contributed by atoms with van der Waals surface area (Å²) in [4.78, 5) is 23.1. The van der Waals surface area contributed by atoms with E-state index in [0.717, 1.165) is 25.6 Å². The molecule has 3 aliphatic rings. The Kier molecular flexibility index (Phi) is 6.91. The minimum Gasteiger partial charge on any atom is -0.374 e. The largest absolute Gasteiger partial charge is 0.374 e. The summed E-state index contributed by atoms with van der Waals surface area (Å²) in [5, 5.41) is 6.29. The zero-order valence-electron chi connectivity index (χ0n) is 15.6. The van der Waals surface area contributed by atoms with E-state index >= 15 is 0 Å². The van der Waals surface area contributed by atoms with Crippen LogP contribution in [0.3, 0.4) is 0 Å². The van der Waals surface area contributed by atoms with Crippen LogP contribution in [0.1, 0.15) is 30.1 Å². The van der Waals surface area contributed by atoms with Crippen LogP contribution in [-0.2, 0) is 4.74 Å². The lowest BCUT2D eigenvalue weighted by molar-refractivity contribution is 0.0767. The van der Waals surface area contributed by atoms with E-state index in [1.54, 1.807) is 24.5 Å². The first-order valence-electron chi connectivity index (χ1n) is 9.63. The highest BCUT2D eigenvalue weighted by molar-refractivity contribution is 14.0. The van der Waals surface area contributed by atoms with E-state index in [-0.39, 0.29) is 29.9 Å². The van der Waals surface area contributed by atoms with Crippen molar-refractivity contribution in [3.63, 3.8) is 0 Å². The molecule has 4 heterocycles. The predicted molar refractivity (Wildman–Crippen MR) is 114 cm³/mol. The first kappa shape index (κ1) is 20.3. The number of hydrogen-bond donors (Lipinski definition) is 2. The van der Waals surface area contributed by atoms with Gasteiger partial charge in [-0.1, -0.05) is 0 Å². The molecule has 3 aliphatic heterocycles. The second kappa shape index (κ2) is 9.18. The molecule has 0 aliphatic carbocycles. The molecule has 2 N–H and O–H groups in total. The summed E-state index contributed by atoms with van der Waals surface area (Å²) in [5.41, 5.74) is 0.575. The van der Waals surface area contributed by atoms with Crippen molar-refractivity contribution >= 4 is 35.8 Å². The Labute approximate surface area is 177 Å². The molecule has 7 nitrogen and oxygen atoms in total. The fourth-order valence-electron chi connectivity index (χ4n) is 4.49. The number of likely N-dealkylation sites (tertiary alicyclic amines) is 1. The maximum atomic E-state index is 12.0. The van der Waals surface area contributed by atoms with Crippen LogP contribution in [0.5, 0.6) is 0 Å². The van der Waals surface area contributed by atoms with Gasteiger partial charge in [0.2, 0.25) is 0 Å². The summed E-state index contributed by atoms with van der Waals surface area (Å²) in [6.45, 7) is 6.06. The van der Waals surface area contributed by atoms with Gasteiger partial charge >= 0.3 is 0 Å². The van der Waals surface area contributed by atoms with Crippen LogP contribution in [0.2, 0.25) is 0 Å². The summed E-state index contributed by atoms with van der Waals surface area (Å²) in [6.07, 6.45) is 6.57. The Morgan fingerprint density at radius 3 is 2.67 bits per heavy atom. The average Bonchev–Trinajstić information content (AvgIpc) is 3.38. The molecule has 0 radical (unpaired) electrons. The summed E-state index contributed by atoms with van der Waals surface area (Å²) in [6, 6.07) is 3.52. The van der Waals surface area contributed by atoms with Crippen molar-refractivity contribution < 1.29 is 9.53 Å². The van der Waals surface area contributed by atoms with Crippen LogP contribution < -0.4 is 10.6 Å². The lowest BCUT2D eigenvalue weighted by Crippen LogP contribution is -2.41. The summed E-state index contributed by atoms with van der Waals surface area (Å²) >= 11 is 0. The summed E-state index contributed by atoms with van der Waals surface area (Å²) < 4.78 is 6.05. The molecular weight excluding hydrogens is 457 g/mol. The molecule has 4 unspecified atom stereocenters. The maximum absolute atomic E-state index is 12.0. The summed E-state index contributed by atoms with van der Waals surface area (Å²) in [5.74, 6) is 2.16. The molecule has 2 bridgehead atoms. The number of amides is 1. The number of carbonyl (C=O) groups excluding carboxylic acids is 1. The minimum atomic E-state index is -0.109. The Bertz CT molecular complexity index is 653. The van der Waals surface area contributed by atoms with Crippen LogP contribution in [0.4, 0.5) is 0 Å². The highest BCUT2D eigenvalue weighted by Crippen LogP contribution is 2.47. The lowest BCUT2D eigenvalue weighted by atomic mass is 9.82. The maximum Gasteiger partial charge on any atom is 0.252 e. The molecule has 8 heteroatoms. The van der Waals surface area contributed by atoms with Gasteiger partial charge in [0.25, 0.3) is 5.91 Å². The SMILES string of the molecule is CCNC(=NCCNC(=O)c1cccnc1)N1CC2C3CCC(O3)C2C1.I. The van der Waals surface area contributed by atoms with Gasteiger partial charge in [0.1, 0.15) is 0 Å². The fraction of sp³-hybridized carbons (Fsp3) is 0.632. The zero-order chi connectivity index (χ0) is 17.9. The van der Waals surface area contributed by atoms with E-state index in [4.69, 9.17) is 9.73 Å². The number of guanidine groups is 1. The molecule has 0 spiro atoms. The van der Waals surface area contributed by atoms with Crippen LogP contribution >= 0.6 is 24.0 Å². The van der Waals surface area contributed by atoms with E-state index in [2.05, 4.69) is 27.4 Å². The molecule has 1 aromatic heterocycles. The Morgan fingerprint density at radius 1 is 1.30 bits per heavy atom. The van der Waals surface area contributed by atoms with Gasteiger partial charge in [-0.3, -0.25) is 14.8 Å². The van der Waals surface area contributed by atoms with Gasteiger partial charge in [0.15, 0.2) is 5.96 Å². The van der Waals surface area contributed by atoms with E-state index in [0.29, 0.717) is 42.7 Å². The smallest absolute Gasteiger partial charge is 0.252 e. The van der Waals surface area contributed by atoms with Gasteiger partial charge in [-0.2, -0.15) is 0 Å². The molecule has 0 aromatic carbocycles. The van der Waals surface area contributed by atoms with Gasteiger partial charge in [0, 0.05) is 50.4 Å². The van der Waals surface area contributed by atoms with Gasteiger partial charge < -0.3 is 20.3 Å². The number of hydrogen-bond acceptors (Lipinski definition) is 4. The van der Waals surface area contributed by atoms with Crippen molar-refractivity contribution in [2.24, 2.45) is 16.8 Å². The van der Waals surface area contributed by atoms with Crippen LogP contribution in [0.15, 0.2) is 29.5 Å². The average molecular weight is 485 g/mol. The standard InChI is InChI=1S/C19H27N5O2.HI/c1-2-21-19(23-9-8-22-18(25)13-4-3-7-20-10-13)24-11-14-15(12-24)17-6-5-16(14)26-17;/h3-4,7,10,14-17H,2,5-6,8-9,11-12H2,1H3,(H,21,23)(H,22,25);1H. The number of rotatable bonds is 5. The number of aromatic nitrogens is 1. The molecule has 0 saturated carbocycles. The second-order valence-corrected chi connectivity index (χ2v) is 7.26. The van der Waals surface area contributed by atoms with Crippen LogP contribution in [0.25, 0.3) is 0 Å². The molecule has 3 saturated heterocycles. The monoisotopic (exact) mass is 485 g/mol. The quantitative estimate of drug-likeness (QED) is 0.286. The number of nitrogens with one attached hydrogen (secondary N) is 2. The Balaban J connectivity index is 0.00000210. The molecule has 4 atom stereocenters. The zero-order valence-corrected chi connectivity index (χ0v) is 18.0. The van der Waals surface area contributed by atoms with Gasteiger partial charge in [-0.15, -0.1) is 24.0 Å². The van der Waals surface area contributed by atoms with E-state index in [9.17, 15) is 4.79 Å². The van der Waals surface area contributed by atoms with Crippen molar-refractivity contribution in [3.8, 4) is 0 Å². The number of ether oxygens (including phenoxy) is 1. The Hall–Kier alpha value is -1.42. The van der Waals surface area contributed by atoms with Crippen LogP contribution in [0, 0.1) is 11.8 Å². The van der Waals surface area contributed by atoms with Gasteiger partial charge in [-0.05, 0) is 31.9 Å². The van der Waals surface area contributed by atoms with Crippen molar-refractivity contribution in [3.05, 3.63) is 30.1 Å². The number of aliphatic imine (C=N–C) groups is 1. The molecular formula is C19H28IN5O2. The summed E-state index contributed by atoms with van der Waals surface area (Å²) in [7, 11) is 0. The molecule has 3 fully saturated rings. The van der Waals surface area contributed by atoms with Crippen LogP contribution in [-0.4, -0.2) is 66.7 Å². The Morgan fingerprint density at radius 2 is 2.04 bits per heavy atom. The number of carbonyl (C=O) groups is 1. The molecule has 148 valence electrons. The first-order valence-corrected chi connectivity index (χ1v) is 9.63. The van der Waals surface area contributed by atoms with E-state index in [1.165, 1.54) is 12.8 Å². The topological polar surface area (TPSA) is 78.8 Å². The molecule has 4 rings (SSSR count). The fourth-order valence-corrected chi connectivity index (χ4v) is 4.49. The number of pyridine rings is 1. The molecule has 1 amide bonds. The van der Waals surface area contributed by atoms with E-state index < -0.39 is 0 Å². The van der Waals surface area contributed by atoms with Crippen molar-refractivity contribution in [1.29, 1.82) is 0 Å². The van der Waals surface area contributed by atoms with Crippen molar-refractivity contribution in [2.45, 2.75) is 32.0 Å². The van der Waals surface area contributed by atoms with Gasteiger partial charge in [-0.25, -0.2) is 0 Å². The number of halogens is 1. The van der Waals surface area contributed by atoms with Crippen molar-refractivity contribution in [2.75, 3.05) is 32.7 Å². The van der Waals surface area contributed by atoms with Crippen molar-refractivity contribution in [1.82, 2.24) is 20.5 Å². The number of nitrogens with zero attached hydrogens (tertiary/aromatic N) is 3. The normalized spacial score (nSPS) is 28.6. The van der Waals surface area contributed by atoms with Gasteiger partial charge in [0.05, 0.1) is 24.3 Å². The minimum absolute atomic E-state index is 0. The highest BCUT2D eigenvalue weighted by atomic mass is 127. The third kappa shape index (κ3) is 4.37. The molecule has 27 heavy (non-hydrogen) atoms.